The first-order chi connectivity index (χ1) is 9.79. The molecule has 0 spiro atoms. The quantitative estimate of drug-likeness (QED) is 0.574. The van der Waals surface area contributed by atoms with Gasteiger partial charge in [0, 0.05) is 11.1 Å². The van der Waals surface area contributed by atoms with Crippen molar-refractivity contribution in [2.75, 3.05) is 7.11 Å². The average Bonchev–Trinajstić information content (AvgIpc) is 2.47. The molecule has 1 aliphatic carbocycles. The second-order valence-electron chi connectivity index (χ2n) is 4.07. The van der Waals surface area contributed by atoms with Crippen molar-refractivity contribution in [2.45, 2.75) is 0 Å². The van der Waals surface area contributed by atoms with Crippen molar-refractivity contribution < 1.29 is 9.53 Å². The van der Waals surface area contributed by atoms with Crippen LogP contribution in [0.15, 0.2) is 77.9 Å². The van der Waals surface area contributed by atoms with Gasteiger partial charge in [0.05, 0.1) is 12.7 Å². The molecular formula is C18H14O2. The summed E-state index contributed by atoms with van der Waals surface area (Å²) in [5.74, 6) is 5.80. The van der Waals surface area contributed by atoms with Crippen LogP contribution in [0.5, 0.6) is 0 Å². The lowest BCUT2D eigenvalue weighted by atomic mass is 10.1. The van der Waals surface area contributed by atoms with Crippen LogP contribution in [0, 0.1) is 11.8 Å². The lowest BCUT2D eigenvalue weighted by molar-refractivity contribution is -0.135. The highest BCUT2D eigenvalue weighted by Gasteiger charge is 2.04. The summed E-state index contributed by atoms with van der Waals surface area (Å²) in [6.45, 7) is 0. The molecule has 1 aliphatic rings. The third-order valence-electron chi connectivity index (χ3n) is 2.65. The van der Waals surface area contributed by atoms with Crippen molar-refractivity contribution in [1.82, 2.24) is 0 Å². The molecule has 0 unspecified atom stereocenters. The molecule has 0 aliphatic heterocycles. The summed E-state index contributed by atoms with van der Waals surface area (Å²) in [7, 11) is 1.37. The predicted molar refractivity (Wildman–Crippen MR) is 79.8 cm³/mol. The molecule has 2 rings (SSSR count). The van der Waals surface area contributed by atoms with Gasteiger partial charge in [-0.15, -0.1) is 0 Å². The first-order valence-electron chi connectivity index (χ1n) is 6.22. The molecule has 0 aromatic heterocycles. The van der Waals surface area contributed by atoms with Crippen LogP contribution in [0.25, 0.3) is 0 Å². The number of methoxy groups -OCH3 is 1. The van der Waals surface area contributed by atoms with E-state index in [1.807, 2.05) is 48.6 Å². The zero-order valence-electron chi connectivity index (χ0n) is 11.2. The van der Waals surface area contributed by atoms with E-state index >= 15 is 0 Å². The van der Waals surface area contributed by atoms with Gasteiger partial charge in [-0.3, -0.25) is 0 Å². The molecule has 1 aromatic carbocycles. The van der Waals surface area contributed by atoms with Crippen LogP contribution in [0.4, 0.5) is 0 Å². The lowest BCUT2D eigenvalue weighted by Gasteiger charge is -1.99. The van der Waals surface area contributed by atoms with Gasteiger partial charge in [0.2, 0.25) is 0 Å². The third kappa shape index (κ3) is 3.86. The summed E-state index contributed by atoms with van der Waals surface area (Å²) in [5.41, 5.74) is 2.28. The van der Waals surface area contributed by atoms with E-state index in [9.17, 15) is 4.79 Å². The van der Waals surface area contributed by atoms with E-state index in [1.165, 1.54) is 7.11 Å². The predicted octanol–water partition coefficient (Wildman–Crippen LogP) is 3.19. The number of ether oxygens (including phenoxy) is 1. The molecule has 0 bridgehead atoms. The maximum atomic E-state index is 11.5. The van der Waals surface area contributed by atoms with Crippen molar-refractivity contribution in [3.63, 3.8) is 0 Å². The van der Waals surface area contributed by atoms with Crippen LogP contribution in [0.3, 0.4) is 0 Å². The summed E-state index contributed by atoms with van der Waals surface area (Å²) >= 11 is 0. The van der Waals surface area contributed by atoms with Gasteiger partial charge < -0.3 is 4.74 Å². The van der Waals surface area contributed by atoms with Gasteiger partial charge in [-0.05, 0) is 36.4 Å². The molecule has 2 nitrogen and oxygen atoms in total. The highest BCUT2D eigenvalue weighted by atomic mass is 16.5. The highest BCUT2D eigenvalue weighted by molar-refractivity contribution is 5.92. The van der Waals surface area contributed by atoms with Crippen molar-refractivity contribution in [1.29, 1.82) is 0 Å². The minimum absolute atomic E-state index is 0.358. The fourth-order valence-electron chi connectivity index (χ4n) is 1.61. The number of rotatable bonds is 1. The monoisotopic (exact) mass is 262 g/mol. The van der Waals surface area contributed by atoms with Gasteiger partial charge in [0.15, 0.2) is 0 Å². The number of benzene rings is 1. The van der Waals surface area contributed by atoms with E-state index < -0.39 is 0 Å². The molecule has 0 saturated carbocycles. The smallest absolute Gasteiger partial charge is 0.337 e. The van der Waals surface area contributed by atoms with Crippen LogP contribution in [0.1, 0.15) is 5.56 Å². The van der Waals surface area contributed by atoms with Crippen LogP contribution >= 0.6 is 0 Å². The standard InChI is InChI=1S/C18H14O2/c1-20-18(19)17-10-6-5-9-16(13-14-17)12-11-15-7-3-2-4-8-15/h2-10,13-14H,1H3/b6-5?,9-5-,10-6-,14-13?,16-9?,16-13+,17-10?,17-14+. The Balaban J connectivity index is 2.24. The molecular weight excluding hydrogens is 248 g/mol. The minimum Gasteiger partial charge on any atom is -0.465 e. The summed E-state index contributed by atoms with van der Waals surface area (Å²) in [6.07, 6.45) is 10.8. The Morgan fingerprint density at radius 3 is 2.50 bits per heavy atom. The minimum atomic E-state index is -0.358. The van der Waals surface area contributed by atoms with Gasteiger partial charge in [-0.2, -0.15) is 0 Å². The topological polar surface area (TPSA) is 26.3 Å². The Morgan fingerprint density at radius 1 is 1.00 bits per heavy atom. The Morgan fingerprint density at radius 2 is 1.75 bits per heavy atom. The third-order valence-corrected chi connectivity index (χ3v) is 2.65. The Hall–Kier alpha value is -2.79. The van der Waals surface area contributed by atoms with Gasteiger partial charge in [-0.1, -0.05) is 42.2 Å². The van der Waals surface area contributed by atoms with Crippen molar-refractivity contribution in [3.8, 4) is 11.8 Å². The van der Waals surface area contributed by atoms with E-state index in [1.54, 1.807) is 18.2 Å². The van der Waals surface area contributed by atoms with Crippen LogP contribution in [-0.2, 0) is 9.53 Å². The van der Waals surface area contributed by atoms with Gasteiger partial charge in [-0.25, -0.2) is 4.79 Å². The second kappa shape index (κ2) is 6.96. The number of allylic oxidation sites excluding steroid dienone is 6. The molecule has 0 saturated heterocycles. The number of hydrogen-bond donors (Lipinski definition) is 0. The van der Waals surface area contributed by atoms with E-state index in [4.69, 9.17) is 4.74 Å². The molecule has 1 aromatic rings. The van der Waals surface area contributed by atoms with Crippen molar-refractivity contribution >= 4 is 5.97 Å². The average molecular weight is 262 g/mol. The highest BCUT2D eigenvalue weighted by Crippen LogP contribution is 2.07. The summed E-state index contributed by atoms with van der Waals surface area (Å²) in [6, 6.07) is 9.76. The van der Waals surface area contributed by atoms with Gasteiger partial charge in [0.1, 0.15) is 0 Å². The number of carbonyl (C=O) groups is 1. The first kappa shape index (κ1) is 13.6. The van der Waals surface area contributed by atoms with Crippen molar-refractivity contribution in [2.24, 2.45) is 0 Å². The maximum Gasteiger partial charge on any atom is 0.337 e. The van der Waals surface area contributed by atoms with Crippen molar-refractivity contribution in [3.05, 3.63) is 83.5 Å². The van der Waals surface area contributed by atoms with E-state index in [2.05, 4.69) is 11.8 Å². The normalized spacial score (nSPS) is 21.6. The largest absolute Gasteiger partial charge is 0.465 e. The molecule has 20 heavy (non-hydrogen) atoms. The zero-order chi connectivity index (χ0) is 14.2. The molecule has 0 fully saturated rings. The molecule has 0 N–H and O–H groups in total. The van der Waals surface area contributed by atoms with Crippen LogP contribution in [0.2, 0.25) is 0 Å². The number of esters is 1. The summed E-state index contributed by atoms with van der Waals surface area (Å²) in [5, 5.41) is 0. The summed E-state index contributed by atoms with van der Waals surface area (Å²) in [4.78, 5) is 11.5. The lowest BCUT2D eigenvalue weighted by Crippen LogP contribution is -2.02. The zero-order valence-corrected chi connectivity index (χ0v) is 11.2. The maximum absolute atomic E-state index is 11.5. The molecule has 0 atom stereocenters. The fraction of sp³-hybridized carbons (Fsp3) is 0.0556. The Bertz CT molecular complexity index is 662. The molecule has 2 heteroatoms. The number of hydrogen-bond acceptors (Lipinski definition) is 2. The first-order valence-corrected chi connectivity index (χ1v) is 6.22. The Labute approximate surface area is 118 Å². The Kier molecular flexibility index (Phi) is 4.75. The molecule has 0 amide bonds. The van der Waals surface area contributed by atoms with Gasteiger partial charge in [0.25, 0.3) is 0 Å². The van der Waals surface area contributed by atoms with E-state index in [0.717, 1.165) is 11.1 Å². The molecule has 0 heterocycles. The second-order valence-corrected chi connectivity index (χ2v) is 4.07. The number of carbonyl (C=O) groups excluding carboxylic acids is 1. The SMILES string of the molecule is COC(=O)C1=C/C=C(C#Cc2ccccc2)\C=C/C=C\1. The van der Waals surface area contributed by atoms with E-state index in [0.29, 0.717) is 5.57 Å². The van der Waals surface area contributed by atoms with E-state index in [-0.39, 0.29) is 5.97 Å². The summed E-state index contributed by atoms with van der Waals surface area (Å²) < 4.78 is 4.70. The molecule has 0 radical (unpaired) electrons. The van der Waals surface area contributed by atoms with Crippen LogP contribution in [-0.4, -0.2) is 13.1 Å². The van der Waals surface area contributed by atoms with Crippen LogP contribution < -0.4 is 0 Å². The van der Waals surface area contributed by atoms with Gasteiger partial charge >= 0.3 is 5.97 Å². The molecule has 98 valence electrons. The fourth-order valence-corrected chi connectivity index (χ4v) is 1.61.